The van der Waals surface area contributed by atoms with Crippen molar-refractivity contribution < 1.29 is 28.7 Å². The summed E-state index contributed by atoms with van der Waals surface area (Å²) in [5, 5.41) is 4.98. The van der Waals surface area contributed by atoms with Gasteiger partial charge in [0.2, 0.25) is 0 Å². The predicted octanol–water partition coefficient (Wildman–Crippen LogP) is 2.00. The smallest absolute Gasteiger partial charge is 0.337 e. The number of amides is 2. The number of carbonyl (C=O) groups is 4. The number of aryl methyl sites for hydroxylation is 2. The summed E-state index contributed by atoms with van der Waals surface area (Å²) in [4.78, 5) is 47.0. The molecule has 0 aromatic heterocycles. The van der Waals surface area contributed by atoms with Crippen LogP contribution in [-0.4, -0.2) is 44.0 Å². The lowest BCUT2D eigenvalue weighted by Gasteiger charge is -2.09. The van der Waals surface area contributed by atoms with Crippen molar-refractivity contribution in [1.29, 1.82) is 0 Å². The summed E-state index contributed by atoms with van der Waals surface area (Å²) in [5.41, 5.74) is 3.25. The van der Waals surface area contributed by atoms with Crippen LogP contribution in [0.15, 0.2) is 42.5 Å². The summed E-state index contributed by atoms with van der Waals surface area (Å²) in [7, 11) is 1.27. The maximum Gasteiger partial charge on any atom is 0.337 e. The third kappa shape index (κ3) is 6.46. The van der Waals surface area contributed by atoms with Gasteiger partial charge in [0, 0.05) is 11.3 Å². The number of methoxy groups -OCH3 is 1. The Kier molecular flexibility index (Phi) is 7.47. The van der Waals surface area contributed by atoms with Crippen LogP contribution in [0.4, 0.5) is 5.69 Å². The highest BCUT2D eigenvalue weighted by Crippen LogP contribution is 2.11. The molecule has 2 aromatic rings. The first-order valence-electron chi connectivity index (χ1n) is 8.79. The van der Waals surface area contributed by atoms with E-state index < -0.39 is 30.4 Å². The van der Waals surface area contributed by atoms with Crippen molar-refractivity contribution in [3.05, 3.63) is 64.7 Å². The molecule has 0 atom stereocenters. The largest absolute Gasteiger partial charge is 0.465 e. The highest BCUT2D eigenvalue weighted by Gasteiger charge is 2.12. The van der Waals surface area contributed by atoms with E-state index in [0.29, 0.717) is 16.8 Å². The van der Waals surface area contributed by atoms with Gasteiger partial charge in [0.1, 0.15) is 6.54 Å². The molecule has 2 aromatic carbocycles. The van der Waals surface area contributed by atoms with Crippen LogP contribution < -0.4 is 10.6 Å². The molecule has 2 N–H and O–H groups in total. The predicted molar refractivity (Wildman–Crippen MR) is 106 cm³/mol. The molecule has 0 aliphatic carbocycles. The Bertz CT molecular complexity index is 921. The SMILES string of the molecule is COC(=O)c1ccc(NC(=O)COC(=O)CNC(=O)c2ccc(C)c(C)c2)cc1. The van der Waals surface area contributed by atoms with Crippen LogP contribution in [-0.2, 0) is 19.1 Å². The van der Waals surface area contributed by atoms with Gasteiger partial charge < -0.3 is 20.1 Å². The lowest BCUT2D eigenvalue weighted by molar-refractivity contribution is -0.146. The zero-order valence-corrected chi connectivity index (χ0v) is 16.4. The van der Waals surface area contributed by atoms with E-state index in [9.17, 15) is 19.2 Å². The molecule has 8 heteroatoms. The average molecular weight is 398 g/mol. The number of benzene rings is 2. The second-order valence-electron chi connectivity index (χ2n) is 6.26. The minimum absolute atomic E-state index is 0.344. The summed E-state index contributed by atoms with van der Waals surface area (Å²) in [6, 6.07) is 11.3. The number of ether oxygens (including phenoxy) is 2. The third-order valence-corrected chi connectivity index (χ3v) is 4.12. The van der Waals surface area contributed by atoms with E-state index in [0.717, 1.165) is 11.1 Å². The van der Waals surface area contributed by atoms with E-state index >= 15 is 0 Å². The fraction of sp³-hybridized carbons (Fsp3) is 0.238. The average Bonchev–Trinajstić information content (AvgIpc) is 2.72. The van der Waals surface area contributed by atoms with Gasteiger partial charge in [-0.15, -0.1) is 0 Å². The molecular formula is C21H22N2O6. The zero-order chi connectivity index (χ0) is 21.4. The number of hydrogen-bond acceptors (Lipinski definition) is 6. The normalized spacial score (nSPS) is 10.0. The summed E-state index contributed by atoms with van der Waals surface area (Å²) in [6.07, 6.45) is 0. The maximum absolute atomic E-state index is 12.1. The molecule has 0 aliphatic rings. The van der Waals surface area contributed by atoms with Gasteiger partial charge in [-0.25, -0.2) is 4.79 Å². The van der Waals surface area contributed by atoms with Crippen molar-refractivity contribution in [2.45, 2.75) is 13.8 Å². The maximum atomic E-state index is 12.1. The van der Waals surface area contributed by atoms with Crippen LogP contribution in [0.2, 0.25) is 0 Å². The Morgan fingerprint density at radius 1 is 0.897 bits per heavy atom. The van der Waals surface area contributed by atoms with E-state index in [-0.39, 0.29) is 6.54 Å². The Balaban J connectivity index is 1.75. The highest BCUT2D eigenvalue weighted by molar-refractivity contribution is 5.97. The molecule has 0 bridgehead atoms. The molecule has 0 saturated carbocycles. The van der Waals surface area contributed by atoms with Crippen LogP contribution in [0, 0.1) is 13.8 Å². The summed E-state index contributed by atoms with van der Waals surface area (Å²) in [5.74, 6) is -2.18. The second-order valence-corrected chi connectivity index (χ2v) is 6.26. The number of esters is 2. The summed E-state index contributed by atoms with van der Waals surface area (Å²) >= 11 is 0. The van der Waals surface area contributed by atoms with Gasteiger partial charge in [-0.2, -0.15) is 0 Å². The van der Waals surface area contributed by atoms with Gasteiger partial charge in [-0.3, -0.25) is 14.4 Å². The molecule has 8 nitrogen and oxygen atoms in total. The van der Waals surface area contributed by atoms with Crippen molar-refractivity contribution in [1.82, 2.24) is 5.32 Å². The highest BCUT2D eigenvalue weighted by atomic mass is 16.5. The van der Waals surface area contributed by atoms with E-state index in [1.807, 2.05) is 19.9 Å². The molecule has 0 radical (unpaired) electrons. The number of hydrogen-bond donors (Lipinski definition) is 2. The van der Waals surface area contributed by atoms with Gasteiger partial charge >= 0.3 is 11.9 Å². The quantitative estimate of drug-likeness (QED) is 0.690. The van der Waals surface area contributed by atoms with Crippen LogP contribution in [0.5, 0.6) is 0 Å². The molecule has 0 aliphatic heterocycles. The Labute approximate surface area is 168 Å². The lowest BCUT2D eigenvalue weighted by Crippen LogP contribution is -2.32. The number of rotatable bonds is 7. The molecule has 2 amide bonds. The van der Waals surface area contributed by atoms with Crippen LogP contribution in [0.3, 0.4) is 0 Å². The van der Waals surface area contributed by atoms with Gasteiger partial charge in [0.25, 0.3) is 11.8 Å². The van der Waals surface area contributed by atoms with Gasteiger partial charge in [-0.05, 0) is 61.4 Å². The molecule has 0 spiro atoms. The van der Waals surface area contributed by atoms with Gasteiger partial charge in [0.15, 0.2) is 6.61 Å². The molecule has 29 heavy (non-hydrogen) atoms. The third-order valence-electron chi connectivity index (χ3n) is 4.12. The summed E-state index contributed by atoms with van der Waals surface area (Å²) in [6.45, 7) is 2.97. The van der Waals surface area contributed by atoms with Crippen molar-refractivity contribution in [2.24, 2.45) is 0 Å². The minimum Gasteiger partial charge on any atom is -0.465 e. The fourth-order valence-electron chi connectivity index (χ4n) is 2.34. The number of nitrogens with one attached hydrogen (secondary N) is 2. The standard InChI is InChI=1S/C21H22N2O6/c1-13-4-5-16(10-14(13)2)20(26)22-11-19(25)29-12-18(24)23-17-8-6-15(7-9-17)21(27)28-3/h4-10H,11-12H2,1-3H3,(H,22,26)(H,23,24). The minimum atomic E-state index is -0.738. The van der Waals surface area contributed by atoms with Crippen LogP contribution in [0.25, 0.3) is 0 Å². The zero-order valence-electron chi connectivity index (χ0n) is 16.4. The Morgan fingerprint density at radius 3 is 2.17 bits per heavy atom. The van der Waals surface area contributed by atoms with Crippen molar-refractivity contribution in [2.75, 3.05) is 25.6 Å². The molecular weight excluding hydrogens is 376 g/mol. The number of anilines is 1. The lowest BCUT2D eigenvalue weighted by atomic mass is 10.1. The fourth-order valence-corrected chi connectivity index (χ4v) is 2.34. The van der Waals surface area contributed by atoms with Crippen LogP contribution in [0.1, 0.15) is 31.8 Å². The monoisotopic (exact) mass is 398 g/mol. The van der Waals surface area contributed by atoms with Crippen molar-refractivity contribution in [3.8, 4) is 0 Å². The molecule has 0 fully saturated rings. The van der Waals surface area contributed by atoms with Crippen LogP contribution >= 0.6 is 0 Å². The second kappa shape index (κ2) is 10.0. The molecule has 2 rings (SSSR count). The van der Waals surface area contributed by atoms with E-state index in [4.69, 9.17) is 4.74 Å². The van der Waals surface area contributed by atoms with E-state index in [1.54, 1.807) is 12.1 Å². The molecule has 0 heterocycles. The molecule has 0 unspecified atom stereocenters. The topological polar surface area (TPSA) is 111 Å². The van der Waals surface area contributed by atoms with Gasteiger partial charge in [0.05, 0.1) is 12.7 Å². The van der Waals surface area contributed by atoms with E-state index in [1.165, 1.54) is 31.4 Å². The Hall–Kier alpha value is -3.68. The molecule has 152 valence electrons. The van der Waals surface area contributed by atoms with Crippen molar-refractivity contribution >= 4 is 29.4 Å². The van der Waals surface area contributed by atoms with Crippen molar-refractivity contribution in [3.63, 3.8) is 0 Å². The van der Waals surface area contributed by atoms with E-state index in [2.05, 4.69) is 15.4 Å². The summed E-state index contributed by atoms with van der Waals surface area (Å²) < 4.78 is 9.43. The first kappa shape index (κ1) is 21.6. The molecule has 0 saturated heterocycles. The number of carbonyl (C=O) groups excluding carboxylic acids is 4. The Morgan fingerprint density at radius 2 is 1.55 bits per heavy atom. The first-order chi connectivity index (χ1) is 13.8. The first-order valence-corrected chi connectivity index (χ1v) is 8.79. The van der Waals surface area contributed by atoms with Gasteiger partial charge in [-0.1, -0.05) is 6.07 Å².